The highest BCUT2D eigenvalue weighted by molar-refractivity contribution is 6.16. The quantitative estimate of drug-likeness (QED) is 0.754. The number of nitrogens with zero attached hydrogens (tertiary/aromatic N) is 2. The van der Waals surface area contributed by atoms with Gasteiger partial charge < -0.3 is 4.57 Å². The Hall–Kier alpha value is -1.09. The van der Waals surface area contributed by atoms with Crippen LogP contribution in [0.15, 0.2) is 18.2 Å². The molecule has 0 spiro atoms. The van der Waals surface area contributed by atoms with Gasteiger partial charge in [0, 0.05) is 6.54 Å². The molecule has 1 heterocycles. The summed E-state index contributed by atoms with van der Waals surface area (Å²) in [5, 5.41) is 0. The highest BCUT2D eigenvalue weighted by Crippen LogP contribution is 2.29. The summed E-state index contributed by atoms with van der Waals surface area (Å²) >= 11 is 5.95. The van der Waals surface area contributed by atoms with Crippen LogP contribution >= 0.6 is 11.6 Å². The first-order valence-corrected chi connectivity index (χ1v) is 7.52. The zero-order valence-electron chi connectivity index (χ0n) is 10.9. The third-order valence-corrected chi connectivity index (χ3v) is 4.40. The fraction of sp³-hybridized carbons (Fsp3) is 0.533. The summed E-state index contributed by atoms with van der Waals surface area (Å²) in [5.74, 6) is 1.66. The summed E-state index contributed by atoms with van der Waals surface area (Å²) in [6.45, 7) is 0.896. The first kappa shape index (κ1) is 12.9. The van der Waals surface area contributed by atoms with Gasteiger partial charge in [0.2, 0.25) is 0 Å². The summed E-state index contributed by atoms with van der Waals surface area (Å²) in [6, 6.07) is 5.12. The van der Waals surface area contributed by atoms with Crippen LogP contribution in [0, 0.1) is 11.7 Å². The second kappa shape index (κ2) is 5.49. The number of hydrogen-bond donors (Lipinski definition) is 0. The lowest BCUT2D eigenvalue weighted by molar-refractivity contribution is 0.458. The molecule has 102 valence electrons. The molecule has 0 bridgehead atoms. The first-order chi connectivity index (χ1) is 9.29. The second-order valence-corrected chi connectivity index (χ2v) is 5.63. The third-order valence-electron chi connectivity index (χ3n) is 4.16. The van der Waals surface area contributed by atoms with Gasteiger partial charge in [-0.15, -0.1) is 11.6 Å². The van der Waals surface area contributed by atoms with E-state index in [2.05, 4.69) is 9.55 Å². The zero-order chi connectivity index (χ0) is 13.2. The van der Waals surface area contributed by atoms with Gasteiger partial charge >= 0.3 is 0 Å². The van der Waals surface area contributed by atoms with Crippen molar-refractivity contribution in [2.45, 2.75) is 44.5 Å². The Bertz CT molecular complexity index is 573. The highest BCUT2D eigenvalue weighted by atomic mass is 35.5. The molecule has 3 rings (SSSR count). The molecule has 0 atom stereocenters. The lowest BCUT2D eigenvalue weighted by atomic mass is 10.0. The van der Waals surface area contributed by atoms with Gasteiger partial charge in [-0.3, -0.25) is 0 Å². The Morgan fingerprint density at radius 3 is 2.84 bits per heavy atom. The SMILES string of the molecule is Fc1cccc2c1nc(CCl)n2CCC1CCCC1. The fourth-order valence-electron chi connectivity index (χ4n) is 3.12. The van der Waals surface area contributed by atoms with Crippen molar-refractivity contribution in [1.82, 2.24) is 9.55 Å². The molecule has 1 aliphatic carbocycles. The summed E-state index contributed by atoms with van der Waals surface area (Å²) in [7, 11) is 0. The van der Waals surface area contributed by atoms with Crippen LogP contribution in [0.2, 0.25) is 0 Å². The third kappa shape index (κ3) is 2.48. The van der Waals surface area contributed by atoms with Crippen molar-refractivity contribution in [2.24, 2.45) is 5.92 Å². The van der Waals surface area contributed by atoms with Gasteiger partial charge in [0.25, 0.3) is 0 Å². The number of aromatic nitrogens is 2. The average Bonchev–Trinajstić information content (AvgIpc) is 3.03. The van der Waals surface area contributed by atoms with Gasteiger partial charge in [0.1, 0.15) is 11.3 Å². The van der Waals surface area contributed by atoms with E-state index >= 15 is 0 Å². The average molecular weight is 281 g/mol. The smallest absolute Gasteiger partial charge is 0.151 e. The van der Waals surface area contributed by atoms with Gasteiger partial charge in [0.05, 0.1) is 11.4 Å². The van der Waals surface area contributed by atoms with Crippen LogP contribution in [-0.4, -0.2) is 9.55 Å². The summed E-state index contributed by atoms with van der Waals surface area (Å²) in [6.07, 6.45) is 6.51. The van der Waals surface area contributed by atoms with E-state index in [0.29, 0.717) is 11.4 Å². The Balaban J connectivity index is 1.89. The molecule has 1 aromatic carbocycles. The Labute approximate surface area is 117 Å². The number of imidazole rings is 1. The molecule has 0 amide bonds. The van der Waals surface area contributed by atoms with E-state index in [-0.39, 0.29) is 5.82 Å². The maximum atomic E-state index is 13.7. The first-order valence-electron chi connectivity index (χ1n) is 6.99. The highest BCUT2D eigenvalue weighted by Gasteiger charge is 2.17. The zero-order valence-corrected chi connectivity index (χ0v) is 11.7. The fourth-order valence-corrected chi connectivity index (χ4v) is 3.33. The van der Waals surface area contributed by atoms with Crippen molar-refractivity contribution in [3.8, 4) is 0 Å². The minimum absolute atomic E-state index is 0.261. The molecule has 1 fully saturated rings. The molecule has 1 saturated carbocycles. The molecule has 1 aromatic heterocycles. The standard InChI is InChI=1S/C15H18ClFN2/c16-10-14-18-15-12(17)6-3-7-13(15)19(14)9-8-11-4-1-2-5-11/h3,6-7,11H,1-2,4-5,8-10H2. The summed E-state index contributed by atoms with van der Waals surface area (Å²) in [5.41, 5.74) is 1.32. The molecule has 2 nitrogen and oxygen atoms in total. The number of hydrogen-bond acceptors (Lipinski definition) is 1. The van der Waals surface area contributed by atoms with Crippen LogP contribution < -0.4 is 0 Å². The number of rotatable bonds is 4. The minimum atomic E-state index is -0.261. The molecule has 0 unspecified atom stereocenters. The van der Waals surface area contributed by atoms with Gasteiger partial charge in [0.15, 0.2) is 5.82 Å². The topological polar surface area (TPSA) is 17.8 Å². The van der Waals surface area contributed by atoms with Crippen LogP contribution in [0.1, 0.15) is 37.9 Å². The van der Waals surface area contributed by atoms with E-state index in [1.165, 1.54) is 31.7 Å². The lowest BCUT2D eigenvalue weighted by Crippen LogP contribution is -2.06. The van der Waals surface area contributed by atoms with Crippen LogP contribution in [0.4, 0.5) is 4.39 Å². The second-order valence-electron chi connectivity index (χ2n) is 5.36. The number of fused-ring (bicyclic) bond motifs is 1. The molecule has 0 aliphatic heterocycles. The van der Waals surface area contributed by atoms with E-state index in [4.69, 9.17) is 11.6 Å². The van der Waals surface area contributed by atoms with Gasteiger partial charge in [-0.25, -0.2) is 9.37 Å². The summed E-state index contributed by atoms with van der Waals surface area (Å²) in [4.78, 5) is 4.33. The van der Waals surface area contributed by atoms with Crippen LogP contribution in [0.5, 0.6) is 0 Å². The lowest BCUT2D eigenvalue weighted by Gasteiger charge is -2.12. The maximum Gasteiger partial charge on any atom is 0.151 e. The molecule has 0 saturated heterocycles. The number of para-hydroxylation sites is 1. The molecule has 1 aliphatic rings. The molecule has 0 radical (unpaired) electrons. The Morgan fingerprint density at radius 2 is 2.11 bits per heavy atom. The van der Waals surface area contributed by atoms with Gasteiger partial charge in [-0.05, 0) is 24.5 Å². The van der Waals surface area contributed by atoms with E-state index in [1.54, 1.807) is 6.07 Å². The molecule has 4 heteroatoms. The van der Waals surface area contributed by atoms with Crippen molar-refractivity contribution < 1.29 is 4.39 Å². The Morgan fingerprint density at radius 1 is 1.32 bits per heavy atom. The number of alkyl halides is 1. The normalized spacial score (nSPS) is 16.5. The van der Waals surface area contributed by atoms with Crippen LogP contribution in [0.25, 0.3) is 11.0 Å². The molecule has 0 N–H and O–H groups in total. The van der Waals surface area contributed by atoms with Crippen LogP contribution in [0.3, 0.4) is 0 Å². The van der Waals surface area contributed by atoms with Crippen molar-refractivity contribution in [2.75, 3.05) is 0 Å². The molecular formula is C15H18ClFN2. The Kier molecular flexibility index (Phi) is 3.74. The van der Waals surface area contributed by atoms with E-state index < -0.39 is 0 Å². The van der Waals surface area contributed by atoms with Crippen molar-refractivity contribution in [3.05, 3.63) is 29.8 Å². The molecular weight excluding hydrogens is 263 g/mol. The number of aryl methyl sites for hydroxylation is 1. The molecule has 19 heavy (non-hydrogen) atoms. The summed E-state index contributed by atoms with van der Waals surface area (Å²) < 4.78 is 15.8. The predicted molar refractivity (Wildman–Crippen MR) is 75.8 cm³/mol. The van der Waals surface area contributed by atoms with Crippen molar-refractivity contribution in [3.63, 3.8) is 0 Å². The van der Waals surface area contributed by atoms with Gasteiger partial charge in [-0.2, -0.15) is 0 Å². The van der Waals surface area contributed by atoms with Gasteiger partial charge in [-0.1, -0.05) is 31.7 Å². The largest absolute Gasteiger partial charge is 0.327 e. The van der Waals surface area contributed by atoms with E-state index in [0.717, 1.165) is 30.2 Å². The van der Waals surface area contributed by atoms with Crippen molar-refractivity contribution in [1.29, 1.82) is 0 Å². The van der Waals surface area contributed by atoms with E-state index in [1.807, 2.05) is 6.07 Å². The van der Waals surface area contributed by atoms with Crippen LogP contribution in [-0.2, 0) is 12.4 Å². The molecule has 2 aromatic rings. The number of benzene rings is 1. The maximum absolute atomic E-state index is 13.7. The predicted octanol–water partition coefficient (Wildman–Crippen LogP) is 4.49. The van der Waals surface area contributed by atoms with Crippen molar-refractivity contribution >= 4 is 22.6 Å². The van der Waals surface area contributed by atoms with E-state index in [9.17, 15) is 4.39 Å². The number of halogens is 2. The monoisotopic (exact) mass is 280 g/mol. The minimum Gasteiger partial charge on any atom is -0.327 e.